The molecule has 2 aliphatic rings. The first-order valence-corrected chi connectivity index (χ1v) is 20.0. The first-order chi connectivity index (χ1) is 27.5. The van der Waals surface area contributed by atoms with Gasteiger partial charge in [-0.2, -0.15) is 0 Å². The molecule has 0 fully saturated rings. The highest BCUT2D eigenvalue weighted by atomic mass is 32.1. The Labute approximate surface area is 328 Å². The number of hydrogen-bond donors (Lipinski definition) is 0. The lowest BCUT2D eigenvalue weighted by atomic mass is 9.81. The molecule has 4 heteroatoms. The quantitative estimate of drug-likeness (QED) is 0.177. The Kier molecular flexibility index (Phi) is 6.56. The number of thiophene rings is 1. The molecule has 2 heterocycles. The van der Waals surface area contributed by atoms with Crippen LogP contribution in [0, 0.1) is 0 Å². The van der Waals surface area contributed by atoms with Gasteiger partial charge >= 0.3 is 0 Å². The van der Waals surface area contributed by atoms with Crippen LogP contribution in [0.25, 0.3) is 110 Å². The van der Waals surface area contributed by atoms with Gasteiger partial charge in [0.15, 0.2) is 17.5 Å². The molecule has 10 aromatic rings. The van der Waals surface area contributed by atoms with Crippen LogP contribution in [0.2, 0.25) is 0 Å². The van der Waals surface area contributed by atoms with E-state index >= 15 is 0 Å². The van der Waals surface area contributed by atoms with Gasteiger partial charge in [0.25, 0.3) is 0 Å². The second kappa shape index (κ2) is 11.6. The molecule has 0 spiro atoms. The summed E-state index contributed by atoms with van der Waals surface area (Å²) in [6.07, 6.45) is 0. The van der Waals surface area contributed by atoms with Gasteiger partial charge < -0.3 is 0 Å². The van der Waals surface area contributed by atoms with Crippen molar-refractivity contribution in [3.8, 4) is 78.7 Å². The molecule has 0 unspecified atom stereocenters. The molecule has 0 saturated heterocycles. The second-order valence-corrected chi connectivity index (χ2v) is 16.6. The van der Waals surface area contributed by atoms with Crippen molar-refractivity contribution in [1.29, 1.82) is 0 Å². The first kappa shape index (κ1) is 31.6. The van der Waals surface area contributed by atoms with Crippen molar-refractivity contribution < 1.29 is 0 Å². The van der Waals surface area contributed by atoms with E-state index < -0.39 is 0 Å². The van der Waals surface area contributed by atoms with Crippen molar-refractivity contribution in [3.05, 3.63) is 175 Å². The standard InChI is InChI=1S/C52H33N3S/c1-52(2)40-20-10-18-36-37-19-11-21-42-45(37)48-43(56-42)29-39(38-26-27-41(52)47(44(36)40)46(38)48)51-54-49(33-24-22-32(23-25-33)30-12-5-3-6-13-30)53-50(55-51)35-17-9-16-34(28-35)31-14-7-4-8-15-31/h3-29H,1-2H3. The van der Waals surface area contributed by atoms with Gasteiger partial charge in [0.1, 0.15) is 0 Å². The predicted octanol–water partition coefficient (Wildman–Crippen LogP) is 14.0. The van der Waals surface area contributed by atoms with Crippen LogP contribution in [0.5, 0.6) is 0 Å². The van der Waals surface area contributed by atoms with Gasteiger partial charge in [-0.25, -0.2) is 15.0 Å². The zero-order chi connectivity index (χ0) is 37.1. The van der Waals surface area contributed by atoms with Crippen LogP contribution in [-0.4, -0.2) is 15.0 Å². The molecule has 262 valence electrons. The minimum Gasteiger partial charge on any atom is -0.208 e. The Morgan fingerprint density at radius 2 is 0.964 bits per heavy atom. The normalized spacial score (nSPS) is 13.3. The van der Waals surface area contributed by atoms with E-state index in [1.54, 1.807) is 0 Å². The highest BCUT2D eigenvalue weighted by Crippen LogP contribution is 2.60. The Balaban J connectivity index is 1.14. The lowest BCUT2D eigenvalue weighted by Crippen LogP contribution is -2.15. The topological polar surface area (TPSA) is 38.7 Å². The van der Waals surface area contributed by atoms with Gasteiger partial charge in [-0.05, 0) is 84.6 Å². The molecule has 2 aliphatic carbocycles. The summed E-state index contributed by atoms with van der Waals surface area (Å²) in [7, 11) is 0. The van der Waals surface area contributed by atoms with Crippen molar-refractivity contribution in [2.45, 2.75) is 19.3 Å². The van der Waals surface area contributed by atoms with E-state index in [9.17, 15) is 0 Å². The van der Waals surface area contributed by atoms with Gasteiger partial charge in [-0.15, -0.1) is 11.3 Å². The summed E-state index contributed by atoms with van der Waals surface area (Å²) in [6.45, 7) is 4.75. The summed E-state index contributed by atoms with van der Waals surface area (Å²) in [5.74, 6) is 1.98. The van der Waals surface area contributed by atoms with Crippen LogP contribution in [0.1, 0.15) is 25.0 Å². The van der Waals surface area contributed by atoms with E-state index in [2.05, 4.69) is 178 Å². The maximum absolute atomic E-state index is 5.37. The summed E-state index contributed by atoms with van der Waals surface area (Å²) >= 11 is 1.87. The third-order valence-corrected chi connectivity index (χ3v) is 13.2. The van der Waals surface area contributed by atoms with Crippen LogP contribution in [0.15, 0.2) is 164 Å². The van der Waals surface area contributed by atoms with Crippen LogP contribution in [-0.2, 0) is 5.41 Å². The third kappa shape index (κ3) is 4.48. The highest BCUT2D eigenvalue weighted by Gasteiger charge is 2.40. The highest BCUT2D eigenvalue weighted by molar-refractivity contribution is 7.26. The zero-order valence-corrected chi connectivity index (χ0v) is 31.7. The molecule has 0 atom stereocenters. The van der Waals surface area contributed by atoms with Crippen LogP contribution in [0.4, 0.5) is 0 Å². The van der Waals surface area contributed by atoms with Crippen LogP contribution in [0.3, 0.4) is 0 Å². The molecule has 56 heavy (non-hydrogen) atoms. The van der Waals surface area contributed by atoms with Crippen molar-refractivity contribution in [2.24, 2.45) is 0 Å². The van der Waals surface area contributed by atoms with Crippen molar-refractivity contribution in [2.75, 3.05) is 0 Å². The summed E-state index contributed by atoms with van der Waals surface area (Å²) < 4.78 is 2.56. The van der Waals surface area contributed by atoms with Gasteiger partial charge in [0.05, 0.1) is 0 Å². The van der Waals surface area contributed by atoms with Gasteiger partial charge in [-0.1, -0.05) is 159 Å². The zero-order valence-electron chi connectivity index (χ0n) is 30.8. The summed E-state index contributed by atoms with van der Waals surface area (Å²) in [5.41, 5.74) is 15.6. The van der Waals surface area contributed by atoms with E-state index in [4.69, 9.17) is 15.0 Å². The lowest BCUT2D eigenvalue weighted by molar-refractivity contribution is 0.661. The number of aromatic nitrogens is 3. The Morgan fingerprint density at radius 1 is 0.375 bits per heavy atom. The molecule has 0 radical (unpaired) electrons. The molecule has 0 N–H and O–H groups in total. The third-order valence-electron chi connectivity index (χ3n) is 12.1. The molecule has 8 aromatic carbocycles. The fourth-order valence-corrected chi connectivity index (χ4v) is 10.6. The molecule has 12 rings (SSSR count). The van der Waals surface area contributed by atoms with E-state index in [0.717, 1.165) is 33.4 Å². The van der Waals surface area contributed by atoms with Crippen LogP contribution < -0.4 is 0 Å². The summed E-state index contributed by atoms with van der Waals surface area (Å²) in [5, 5.41) is 5.18. The van der Waals surface area contributed by atoms with E-state index in [-0.39, 0.29) is 5.41 Å². The summed E-state index contributed by atoms with van der Waals surface area (Å²) in [6, 6.07) is 58.9. The monoisotopic (exact) mass is 731 g/mol. The van der Waals surface area contributed by atoms with Gasteiger partial charge in [-0.3, -0.25) is 0 Å². The fourth-order valence-electron chi connectivity index (χ4n) is 9.38. The molecule has 0 aliphatic heterocycles. The smallest absolute Gasteiger partial charge is 0.164 e. The van der Waals surface area contributed by atoms with Crippen molar-refractivity contribution >= 4 is 42.3 Å². The van der Waals surface area contributed by atoms with E-state index in [0.29, 0.717) is 17.5 Å². The Hall–Kier alpha value is -6.75. The van der Waals surface area contributed by atoms with Gasteiger partial charge in [0, 0.05) is 42.3 Å². The Morgan fingerprint density at radius 3 is 1.75 bits per heavy atom. The van der Waals surface area contributed by atoms with Crippen molar-refractivity contribution in [1.82, 2.24) is 15.0 Å². The minimum absolute atomic E-state index is 0.123. The number of fused-ring (bicyclic) bond motifs is 1. The average Bonchev–Trinajstić information content (AvgIpc) is 3.71. The number of hydrogen-bond acceptors (Lipinski definition) is 4. The molecule has 0 saturated carbocycles. The predicted molar refractivity (Wildman–Crippen MR) is 234 cm³/mol. The Bertz CT molecular complexity index is 3250. The van der Waals surface area contributed by atoms with E-state index in [1.807, 2.05) is 11.3 Å². The summed E-state index contributed by atoms with van der Waals surface area (Å²) in [4.78, 5) is 15.9. The maximum Gasteiger partial charge on any atom is 0.164 e. The van der Waals surface area contributed by atoms with Gasteiger partial charge in [0.2, 0.25) is 0 Å². The average molecular weight is 732 g/mol. The second-order valence-electron chi connectivity index (χ2n) is 15.5. The number of nitrogens with zero attached hydrogens (tertiary/aromatic N) is 3. The van der Waals surface area contributed by atoms with Crippen molar-refractivity contribution in [3.63, 3.8) is 0 Å². The largest absolute Gasteiger partial charge is 0.208 e. The molecule has 2 aromatic heterocycles. The fraction of sp³-hybridized carbons (Fsp3) is 0.0577. The molecule has 0 bridgehead atoms. The SMILES string of the molecule is CC1(C)c2cccc3c2-c2c1ccc1c(-c4nc(-c5ccc(-c6ccccc6)cc5)nc(-c5cccc(-c6ccccc6)c5)n4)cc4sc5cccc-3c5c4c21. The number of rotatable bonds is 5. The molecular formula is C52H33N3S. The molecular weight excluding hydrogens is 699 g/mol. The number of benzene rings is 8. The maximum atomic E-state index is 5.37. The van der Waals surface area contributed by atoms with E-state index in [1.165, 1.54) is 69.9 Å². The molecule has 0 amide bonds. The lowest BCUT2D eigenvalue weighted by Gasteiger charge is -2.22. The first-order valence-electron chi connectivity index (χ1n) is 19.2. The minimum atomic E-state index is -0.123. The van der Waals surface area contributed by atoms with Crippen LogP contribution >= 0.6 is 11.3 Å². The molecule has 3 nitrogen and oxygen atoms in total.